The van der Waals surface area contributed by atoms with Crippen LogP contribution in [0.3, 0.4) is 0 Å². The summed E-state index contributed by atoms with van der Waals surface area (Å²) in [5, 5.41) is 21.0. The number of esters is 1. The molecular weight excluding hydrogens is 244 g/mol. The normalized spacial score (nSPS) is 49.7. The van der Waals surface area contributed by atoms with Gasteiger partial charge in [0.25, 0.3) is 0 Å². The number of hydrogen-bond acceptors (Lipinski definition) is 4. The molecule has 2 aliphatic carbocycles. The van der Waals surface area contributed by atoms with Crippen LogP contribution in [0.25, 0.3) is 0 Å². The summed E-state index contributed by atoms with van der Waals surface area (Å²) in [6.45, 7) is 5.68. The number of fused-ring (bicyclic) bond motifs is 2. The van der Waals surface area contributed by atoms with Crippen LogP contribution >= 0.6 is 0 Å². The minimum atomic E-state index is -0.780. The summed E-state index contributed by atoms with van der Waals surface area (Å²) in [5.74, 6) is -0.254. The van der Waals surface area contributed by atoms with Crippen molar-refractivity contribution in [1.29, 1.82) is 0 Å². The summed E-state index contributed by atoms with van der Waals surface area (Å²) in [7, 11) is 0. The Balaban J connectivity index is 2.02. The highest BCUT2D eigenvalue weighted by atomic mass is 16.5. The van der Waals surface area contributed by atoms with E-state index in [1.165, 1.54) is 0 Å². The van der Waals surface area contributed by atoms with Crippen molar-refractivity contribution in [2.24, 2.45) is 11.3 Å². The van der Waals surface area contributed by atoms with Crippen LogP contribution < -0.4 is 0 Å². The highest BCUT2D eigenvalue weighted by molar-refractivity contribution is 5.91. The van der Waals surface area contributed by atoms with Crippen LogP contribution in [0.1, 0.15) is 46.5 Å². The van der Waals surface area contributed by atoms with Gasteiger partial charge in [0.1, 0.15) is 6.10 Å². The summed E-state index contributed by atoms with van der Waals surface area (Å²) in [4.78, 5) is 11.7. The van der Waals surface area contributed by atoms with Crippen molar-refractivity contribution in [3.05, 3.63) is 11.1 Å². The van der Waals surface area contributed by atoms with Crippen molar-refractivity contribution in [1.82, 2.24) is 0 Å². The molecule has 3 rings (SSSR count). The molecule has 0 radical (unpaired) electrons. The van der Waals surface area contributed by atoms with E-state index in [2.05, 4.69) is 0 Å². The average Bonchev–Trinajstić information content (AvgIpc) is 2.59. The standard InChI is InChI=1S/C15H22O4/c1-8-9-6-11-14(2,7-10(9)19-13(8)17)12(16)4-5-15(11,3)18/h10-12,16,18H,4-7H2,1-3H3/t10-,11+,12+,14+,15+/m0/s1. The Kier molecular flexibility index (Phi) is 2.64. The van der Waals surface area contributed by atoms with Gasteiger partial charge in [-0.25, -0.2) is 4.79 Å². The lowest BCUT2D eigenvalue weighted by Gasteiger charge is -2.55. The van der Waals surface area contributed by atoms with Crippen LogP contribution in [0.15, 0.2) is 11.1 Å². The minimum Gasteiger partial charge on any atom is -0.454 e. The smallest absolute Gasteiger partial charge is 0.334 e. The summed E-state index contributed by atoms with van der Waals surface area (Å²) < 4.78 is 5.40. The molecule has 0 spiro atoms. The zero-order valence-electron chi connectivity index (χ0n) is 11.8. The Labute approximate surface area is 113 Å². The Hall–Kier alpha value is -0.870. The van der Waals surface area contributed by atoms with Crippen molar-refractivity contribution in [3.63, 3.8) is 0 Å². The van der Waals surface area contributed by atoms with Gasteiger partial charge in [-0.3, -0.25) is 0 Å². The third-order valence-corrected chi connectivity index (χ3v) is 5.71. The molecule has 2 fully saturated rings. The maximum atomic E-state index is 11.7. The highest BCUT2D eigenvalue weighted by Crippen LogP contribution is 2.57. The topological polar surface area (TPSA) is 66.8 Å². The lowest BCUT2D eigenvalue weighted by Crippen LogP contribution is -2.58. The first-order valence-electron chi connectivity index (χ1n) is 7.07. The second-order valence-corrected chi connectivity index (χ2v) is 6.92. The molecule has 0 aromatic heterocycles. The first-order valence-corrected chi connectivity index (χ1v) is 7.07. The maximum Gasteiger partial charge on any atom is 0.334 e. The molecule has 19 heavy (non-hydrogen) atoms. The van der Waals surface area contributed by atoms with E-state index < -0.39 is 11.7 Å². The summed E-state index contributed by atoms with van der Waals surface area (Å²) >= 11 is 0. The molecule has 4 nitrogen and oxygen atoms in total. The lowest BCUT2D eigenvalue weighted by atomic mass is 9.52. The number of aliphatic hydroxyl groups is 2. The van der Waals surface area contributed by atoms with E-state index >= 15 is 0 Å². The first-order chi connectivity index (χ1) is 8.75. The summed E-state index contributed by atoms with van der Waals surface area (Å²) in [5.41, 5.74) is 0.573. The van der Waals surface area contributed by atoms with Gasteiger partial charge in [0.2, 0.25) is 0 Å². The molecule has 0 aromatic carbocycles. The predicted octanol–water partition coefficient (Wildman–Crippen LogP) is 1.55. The van der Waals surface area contributed by atoms with Crippen LogP contribution in [-0.4, -0.2) is 34.0 Å². The second kappa shape index (κ2) is 3.83. The molecule has 2 N–H and O–H groups in total. The SMILES string of the molecule is CC1=C2C[C@@H]3[C@@](C)(C[C@@H]2OC1=O)[C@H](O)CC[C@@]3(C)O. The average molecular weight is 266 g/mol. The quantitative estimate of drug-likeness (QED) is 0.653. The Morgan fingerprint density at radius 3 is 2.74 bits per heavy atom. The molecule has 0 amide bonds. The molecule has 0 unspecified atom stereocenters. The number of carbonyl (C=O) groups is 1. The van der Waals surface area contributed by atoms with Crippen LogP contribution in [0.2, 0.25) is 0 Å². The van der Waals surface area contributed by atoms with E-state index in [9.17, 15) is 15.0 Å². The van der Waals surface area contributed by atoms with Gasteiger partial charge in [-0.1, -0.05) is 6.92 Å². The molecule has 1 heterocycles. The van der Waals surface area contributed by atoms with Crippen LogP contribution in [0.5, 0.6) is 0 Å². The molecule has 0 aromatic rings. The van der Waals surface area contributed by atoms with Crippen molar-refractivity contribution >= 4 is 5.97 Å². The fourth-order valence-electron chi connectivity index (χ4n) is 4.34. The predicted molar refractivity (Wildman–Crippen MR) is 69.3 cm³/mol. The summed E-state index contributed by atoms with van der Waals surface area (Å²) in [6.07, 6.45) is 1.87. The molecule has 4 heteroatoms. The van der Waals surface area contributed by atoms with Crippen molar-refractivity contribution in [2.75, 3.05) is 0 Å². The second-order valence-electron chi connectivity index (χ2n) is 6.92. The zero-order chi connectivity index (χ0) is 14.0. The van der Waals surface area contributed by atoms with E-state index in [1.807, 2.05) is 13.8 Å². The Morgan fingerprint density at radius 2 is 2.05 bits per heavy atom. The third kappa shape index (κ3) is 1.69. The molecule has 2 saturated carbocycles. The number of carbonyl (C=O) groups excluding carboxylic acids is 1. The molecular formula is C15H22O4. The molecule has 5 atom stereocenters. The van der Waals surface area contributed by atoms with Gasteiger partial charge in [0.15, 0.2) is 0 Å². The van der Waals surface area contributed by atoms with Gasteiger partial charge in [-0.2, -0.15) is 0 Å². The summed E-state index contributed by atoms with van der Waals surface area (Å²) in [6, 6.07) is 0. The fourth-order valence-corrected chi connectivity index (χ4v) is 4.34. The Bertz CT molecular complexity index is 465. The molecule has 106 valence electrons. The Morgan fingerprint density at radius 1 is 1.37 bits per heavy atom. The van der Waals surface area contributed by atoms with E-state index in [1.54, 1.807) is 6.92 Å². The third-order valence-electron chi connectivity index (χ3n) is 5.71. The van der Waals surface area contributed by atoms with Crippen molar-refractivity contribution < 1.29 is 19.7 Å². The maximum absolute atomic E-state index is 11.7. The highest BCUT2D eigenvalue weighted by Gasteiger charge is 2.58. The van der Waals surface area contributed by atoms with Gasteiger partial charge in [-0.15, -0.1) is 0 Å². The van der Waals surface area contributed by atoms with Crippen LogP contribution in [0.4, 0.5) is 0 Å². The van der Waals surface area contributed by atoms with Gasteiger partial charge >= 0.3 is 5.97 Å². The largest absolute Gasteiger partial charge is 0.454 e. The van der Waals surface area contributed by atoms with Crippen molar-refractivity contribution in [2.45, 2.75) is 64.3 Å². The molecule has 0 bridgehead atoms. The van der Waals surface area contributed by atoms with Gasteiger partial charge in [-0.05, 0) is 51.0 Å². The first kappa shape index (κ1) is 13.1. The van der Waals surface area contributed by atoms with Gasteiger partial charge in [0.05, 0.1) is 11.7 Å². The molecule has 1 aliphatic heterocycles. The van der Waals surface area contributed by atoms with E-state index in [4.69, 9.17) is 4.74 Å². The number of hydrogen-bond donors (Lipinski definition) is 2. The molecule has 0 saturated heterocycles. The monoisotopic (exact) mass is 266 g/mol. The van der Waals surface area contributed by atoms with Crippen molar-refractivity contribution in [3.8, 4) is 0 Å². The van der Waals surface area contributed by atoms with Gasteiger partial charge < -0.3 is 14.9 Å². The van der Waals surface area contributed by atoms with E-state index in [0.29, 0.717) is 31.3 Å². The van der Waals surface area contributed by atoms with E-state index in [0.717, 1.165) is 5.57 Å². The number of rotatable bonds is 0. The van der Waals surface area contributed by atoms with Crippen LogP contribution in [-0.2, 0) is 9.53 Å². The molecule has 3 aliphatic rings. The van der Waals surface area contributed by atoms with E-state index in [-0.39, 0.29) is 23.4 Å². The van der Waals surface area contributed by atoms with Crippen LogP contribution in [0, 0.1) is 11.3 Å². The minimum absolute atomic E-state index is 0.0144. The lowest BCUT2D eigenvalue weighted by molar-refractivity contribution is -0.175. The van der Waals surface area contributed by atoms with Gasteiger partial charge in [0, 0.05) is 11.0 Å². The zero-order valence-corrected chi connectivity index (χ0v) is 11.8. The number of ether oxygens (including phenoxy) is 1. The fraction of sp³-hybridized carbons (Fsp3) is 0.800. The number of aliphatic hydroxyl groups excluding tert-OH is 1.